The van der Waals surface area contributed by atoms with Crippen molar-refractivity contribution in [3.63, 3.8) is 0 Å². The summed E-state index contributed by atoms with van der Waals surface area (Å²) >= 11 is 10.8. The van der Waals surface area contributed by atoms with E-state index in [2.05, 4.69) is 119 Å². The Morgan fingerprint density at radius 1 is 0.435 bits per heavy atom. The molecule has 0 spiro atoms. The Bertz CT molecular complexity index is 1830. The topological polar surface area (TPSA) is 29.5 Å². The molecule has 1 N–H and O–H groups in total. The molecule has 0 aliphatic heterocycles. The number of methoxy groups -OCH3 is 1. The summed E-state index contributed by atoms with van der Waals surface area (Å²) < 4.78 is 5.18. The van der Waals surface area contributed by atoms with Crippen molar-refractivity contribution in [2.75, 3.05) is 7.11 Å². The molecule has 0 radical (unpaired) electrons. The molecule has 6 heterocycles. The summed E-state index contributed by atoms with van der Waals surface area (Å²) in [7, 11) is 1.67. The normalized spacial score (nSPS) is 10.5. The van der Waals surface area contributed by atoms with Crippen molar-refractivity contribution in [1.29, 1.82) is 0 Å². The van der Waals surface area contributed by atoms with Crippen LogP contribution in [0.15, 0.2) is 143 Å². The minimum absolute atomic E-state index is 0.0851. The fraction of sp³-hybridized carbons (Fsp3) is 0.0526. The second-order valence-electron chi connectivity index (χ2n) is 9.82. The highest BCUT2D eigenvalue weighted by molar-refractivity contribution is 7.25. The maximum absolute atomic E-state index is 9.09. The third-order valence-electron chi connectivity index (χ3n) is 6.82. The zero-order valence-corrected chi connectivity index (χ0v) is 29.8. The first-order valence-electron chi connectivity index (χ1n) is 14.4. The van der Waals surface area contributed by atoms with Crippen LogP contribution in [0.4, 0.5) is 0 Å². The van der Waals surface area contributed by atoms with Crippen LogP contribution in [-0.4, -0.2) is 12.2 Å². The number of rotatable bonds is 7. The molecule has 2 nitrogen and oxygen atoms in total. The van der Waals surface area contributed by atoms with Crippen LogP contribution < -0.4 is 4.74 Å². The zero-order valence-electron chi connectivity index (χ0n) is 24.9. The number of benzene rings is 2. The summed E-state index contributed by atoms with van der Waals surface area (Å²) in [5, 5.41) is 17.5. The smallest absolute Gasteiger partial charge is 0.118 e. The van der Waals surface area contributed by atoms with Crippen molar-refractivity contribution in [2.24, 2.45) is 0 Å². The molecule has 0 saturated heterocycles. The largest absolute Gasteiger partial charge is 0.497 e. The van der Waals surface area contributed by atoms with E-state index >= 15 is 0 Å². The molecule has 6 aromatic heterocycles. The Morgan fingerprint density at radius 2 is 0.804 bits per heavy atom. The maximum atomic E-state index is 9.09. The van der Waals surface area contributed by atoms with Gasteiger partial charge in [0.2, 0.25) is 0 Å². The molecule has 8 rings (SSSR count). The van der Waals surface area contributed by atoms with Crippen molar-refractivity contribution in [2.45, 2.75) is 6.61 Å². The molecule has 8 aromatic rings. The number of hydrogen-bond donors (Lipinski definition) is 1. The Morgan fingerprint density at radius 3 is 1.17 bits per heavy atom. The predicted molar refractivity (Wildman–Crippen MR) is 206 cm³/mol. The second kappa shape index (κ2) is 16.3. The lowest BCUT2D eigenvalue weighted by atomic mass is 10.1. The lowest BCUT2D eigenvalue weighted by molar-refractivity contribution is 0.282. The van der Waals surface area contributed by atoms with Gasteiger partial charge in [-0.25, -0.2) is 0 Å². The van der Waals surface area contributed by atoms with Gasteiger partial charge in [-0.3, -0.25) is 0 Å². The summed E-state index contributed by atoms with van der Waals surface area (Å²) in [6.07, 6.45) is 0. The monoisotopic (exact) mass is 710 g/mol. The lowest BCUT2D eigenvalue weighted by Crippen LogP contribution is -1.81. The number of aliphatic hydroxyl groups is 1. The van der Waals surface area contributed by atoms with Gasteiger partial charge in [-0.05, 0) is 111 Å². The molecule has 230 valence electrons. The number of ether oxygens (including phenoxy) is 1. The van der Waals surface area contributed by atoms with Gasteiger partial charge in [0.1, 0.15) is 5.75 Å². The fourth-order valence-electron chi connectivity index (χ4n) is 4.46. The maximum Gasteiger partial charge on any atom is 0.118 e. The zero-order chi connectivity index (χ0) is 31.6. The molecule has 0 saturated carbocycles. The third-order valence-corrected chi connectivity index (χ3v) is 13.2. The first kappa shape index (κ1) is 32.3. The highest BCUT2D eigenvalue weighted by Crippen LogP contribution is 2.38. The Kier molecular flexibility index (Phi) is 11.5. The van der Waals surface area contributed by atoms with Crippen LogP contribution in [-0.2, 0) is 6.61 Å². The second-order valence-corrected chi connectivity index (χ2v) is 15.8. The van der Waals surface area contributed by atoms with Crippen LogP contribution in [0.25, 0.3) is 50.1 Å². The van der Waals surface area contributed by atoms with Crippen molar-refractivity contribution in [1.82, 2.24) is 0 Å². The van der Waals surface area contributed by atoms with Gasteiger partial charge in [0.25, 0.3) is 0 Å². The predicted octanol–water partition coefficient (Wildman–Crippen LogP) is 13.3. The van der Waals surface area contributed by atoms with Crippen molar-refractivity contribution in [3.8, 4) is 55.9 Å². The van der Waals surface area contributed by atoms with Crippen LogP contribution >= 0.6 is 68.0 Å². The highest BCUT2D eigenvalue weighted by Gasteiger charge is 2.07. The molecule has 0 bridgehead atoms. The number of thiophene rings is 6. The summed E-state index contributed by atoms with van der Waals surface area (Å²) in [5.41, 5.74) is 3.31. The van der Waals surface area contributed by atoms with Gasteiger partial charge in [0.05, 0.1) is 13.7 Å². The standard InChI is InChI=1S/C18H16O2S.C12H8S3.C8H6S2/c1-20-16-8-6-15(7-9-16)18-11-10-17(21-18)14-4-2-13(12-19)3-5-14;1-3-9(13-7-1)11-5-6-12(15-11)10-4-2-8-14-10;1-3-7(9-5-1)8-4-2-6-10-8/h2-11,19H,12H2,1H3;1-8H;1-6H. The van der Waals surface area contributed by atoms with E-state index in [1.807, 2.05) is 35.6 Å². The first-order valence-corrected chi connectivity index (χ1v) is 19.5. The molecule has 0 aliphatic rings. The molecule has 0 amide bonds. The summed E-state index contributed by atoms with van der Waals surface area (Å²) in [6, 6.07) is 41.8. The first-order chi connectivity index (χ1) is 22.7. The number of aliphatic hydroxyl groups excluding tert-OH is 1. The van der Waals surface area contributed by atoms with Crippen molar-refractivity contribution in [3.05, 3.63) is 148 Å². The van der Waals surface area contributed by atoms with E-state index in [1.165, 1.54) is 50.1 Å². The van der Waals surface area contributed by atoms with E-state index in [4.69, 9.17) is 9.84 Å². The van der Waals surface area contributed by atoms with E-state index < -0.39 is 0 Å². The van der Waals surface area contributed by atoms with E-state index in [9.17, 15) is 0 Å². The van der Waals surface area contributed by atoms with Crippen LogP contribution in [0.2, 0.25) is 0 Å². The van der Waals surface area contributed by atoms with E-state index in [0.717, 1.165) is 11.3 Å². The van der Waals surface area contributed by atoms with Crippen LogP contribution in [0.5, 0.6) is 5.75 Å². The summed E-state index contributed by atoms with van der Waals surface area (Å²) in [5.74, 6) is 0.870. The van der Waals surface area contributed by atoms with Crippen LogP contribution in [0, 0.1) is 0 Å². The van der Waals surface area contributed by atoms with Gasteiger partial charge < -0.3 is 9.84 Å². The SMILES string of the molecule is COc1ccc(-c2ccc(-c3ccc(CO)cc3)s2)cc1.c1csc(-c2ccc(-c3cccs3)s2)c1.c1csc(-c2cccs2)c1. The van der Waals surface area contributed by atoms with Gasteiger partial charge in [-0.15, -0.1) is 68.0 Å². The lowest BCUT2D eigenvalue weighted by Gasteiger charge is -2.01. The van der Waals surface area contributed by atoms with E-state index in [1.54, 1.807) is 63.8 Å². The van der Waals surface area contributed by atoms with Crippen molar-refractivity contribution < 1.29 is 9.84 Å². The number of hydrogen-bond acceptors (Lipinski definition) is 8. The fourth-order valence-corrected chi connectivity index (χ4v) is 9.73. The molecule has 8 heteroatoms. The average Bonchev–Trinajstić information content (AvgIpc) is 3.95. The summed E-state index contributed by atoms with van der Waals surface area (Å²) in [6.45, 7) is 0.0851. The van der Waals surface area contributed by atoms with E-state index in [-0.39, 0.29) is 6.61 Å². The molecule has 0 fully saturated rings. The van der Waals surface area contributed by atoms with Gasteiger partial charge >= 0.3 is 0 Å². The Labute approximate surface area is 293 Å². The molecule has 0 atom stereocenters. The molecular formula is C38H30O2S6. The Balaban J connectivity index is 0.000000129. The van der Waals surface area contributed by atoms with Gasteiger partial charge in [0.15, 0.2) is 0 Å². The quantitative estimate of drug-likeness (QED) is 0.178. The molecule has 0 aliphatic carbocycles. The minimum atomic E-state index is 0.0851. The minimum Gasteiger partial charge on any atom is -0.497 e. The van der Waals surface area contributed by atoms with Crippen LogP contribution in [0.1, 0.15) is 5.56 Å². The van der Waals surface area contributed by atoms with Gasteiger partial charge in [-0.2, -0.15) is 0 Å². The molecule has 46 heavy (non-hydrogen) atoms. The van der Waals surface area contributed by atoms with Gasteiger partial charge in [0, 0.05) is 39.0 Å². The van der Waals surface area contributed by atoms with Crippen molar-refractivity contribution >= 4 is 68.0 Å². The Hall–Kier alpha value is -3.60. The highest BCUT2D eigenvalue weighted by atomic mass is 32.1. The average molecular weight is 711 g/mol. The summed E-state index contributed by atoms with van der Waals surface area (Å²) in [4.78, 5) is 10.7. The third kappa shape index (κ3) is 8.40. The van der Waals surface area contributed by atoms with E-state index in [0.29, 0.717) is 0 Å². The molecular weight excluding hydrogens is 681 g/mol. The van der Waals surface area contributed by atoms with Crippen LogP contribution in [0.3, 0.4) is 0 Å². The van der Waals surface area contributed by atoms with Gasteiger partial charge in [-0.1, -0.05) is 48.5 Å². The molecule has 0 unspecified atom stereocenters. The molecule has 2 aromatic carbocycles.